The van der Waals surface area contributed by atoms with Gasteiger partial charge in [-0.1, -0.05) is 78.7 Å². The van der Waals surface area contributed by atoms with E-state index in [9.17, 15) is 18.0 Å². The second-order valence-corrected chi connectivity index (χ2v) is 11.6. The van der Waals surface area contributed by atoms with Gasteiger partial charge in [0, 0.05) is 17.6 Å². The molecule has 0 heterocycles. The Kier molecular flexibility index (Phi) is 10.2. The van der Waals surface area contributed by atoms with Crippen molar-refractivity contribution in [1.82, 2.24) is 10.2 Å². The number of hydrogen-bond acceptors (Lipinski definition) is 4. The van der Waals surface area contributed by atoms with Crippen LogP contribution in [0.1, 0.15) is 32.8 Å². The molecule has 0 saturated carbocycles. The Labute approximate surface area is 234 Å². The molecule has 3 rings (SSSR count). The maximum atomic E-state index is 13.9. The van der Waals surface area contributed by atoms with Gasteiger partial charge in [-0.05, 0) is 56.2 Å². The van der Waals surface area contributed by atoms with Gasteiger partial charge in [0.1, 0.15) is 12.6 Å². The molecule has 202 valence electrons. The van der Waals surface area contributed by atoms with Crippen LogP contribution in [0, 0.1) is 0 Å². The molecule has 3 aromatic rings. The summed E-state index contributed by atoms with van der Waals surface area (Å²) in [6, 6.07) is 20.4. The van der Waals surface area contributed by atoms with Crippen molar-refractivity contribution in [2.75, 3.05) is 10.8 Å². The zero-order valence-electron chi connectivity index (χ0n) is 21.5. The fraction of sp³-hybridized carbons (Fsp3) is 0.286. The van der Waals surface area contributed by atoms with Crippen molar-refractivity contribution in [2.24, 2.45) is 0 Å². The average Bonchev–Trinajstić information content (AvgIpc) is 2.92. The van der Waals surface area contributed by atoms with Crippen LogP contribution < -0.4 is 9.62 Å². The Morgan fingerprint density at radius 3 is 2.13 bits per heavy atom. The fourth-order valence-electron chi connectivity index (χ4n) is 3.74. The lowest BCUT2D eigenvalue weighted by Crippen LogP contribution is -2.52. The molecule has 2 atom stereocenters. The second kappa shape index (κ2) is 13.1. The fourth-order valence-corrected chi connectivity index (χ4v) is 5.62. The highest BCUT2D eigenvalue weighted by molar-refractivity contribution is 7.92. The maximum absolute atomic E-state index is 13.9. The highest BCUT2D eigenvalue weighted by Gasteiger charge is 2.33. The van der Waals surface area contributed by atoms with E-state index in [0.29, 0.717) is 0 Å². The molecule has 0 spiro atoms. The minimum Gasteiger partial charge on any atom is -0.352 e. The van der Waals surface area contributed by atoms with Crippen LogP contribution in [-0.2, 0) is 26.2 Å². The second-order valence-electron chi connectivity index (χ2n) is 8.92. The SMILES string of the molecule is CC[C@H](C)NC(=O)[C@@H](C)N(Cc1ccccc1)C(=O)CN(c1cc(Cl)ccc1Cl)S(=O)(=O)c1ccccc1. The number of hydrogen-bond donors (Lipinski definition) is 1. The van der Waals surface area contributed by atoms with Crippen molar-refractivity contribution < 1.29 is 18.0 Å². The first kappa shape index (κ1) is 29.5. The van der Waals surface area contributed by atoms with E-state index in [-0.39, 0.29) is 39.1 Å². The Bertz CT molecular complexity index is 1360. The first-order chi connectivity index (χ1) is 18.0. The molecule has 0 aromatic heterocycles. The van der Waals surface area contributed by atoms with Crippen LogP contribution in [0.4, 0.5) is 5.69 Å². The van der Waals surface area contributed by atoms with Crippen LogP contribution in [0.15, 0.2) is 83.8 Å². The molecule has 0 unspecified atom stereocenters. The highest BCUT2D eigenvalue weighted by Crippen LogP contribution is 2.33. The molecule has 0 fully saturated rings. The van der Waals surface area contributed by atoms with E-state index >= 15 is 0 Å². The number of carbonyl (C=O) groups excluding carboxylic acids is 2. The number of carbonyl (C=O) groups is 2. The number of rotatable bonds is 11. The monoisotopic (exact) mass is 575 g/mol. The summed E-state index contributed by atoms with van der Waals surface area (Å²) in [6.07, 6.45) is 0.724. The minimum atomic E-state index is -4.22. The number of benzene rings is 3. The van der Waals surface area contributed by atoms with E-state index < -0.39 is 28.5 Å². The van der Waals surface area contributed by atoms with Gasteiger partial charge in [-0.3, -0.25) is 13.9 Å². The van der Waals surface area contributed by atoms with Crippen molar-refractivity contribution in [3.05, 3.63) is 94.5 Å². The first-order valence-corrected chi connectivity index (χ1v) is 14.4. The molecule has 0 saturated heterocycles. The summed E-state index contributed by atoms with van der Waals surface area (Å²) in [6.45, 7) is 4.97. The van der Waals surface area contributed by atoms with Crippen LogP contribution in [0.3, 0.4) is 0 Å². The lowest BCUT2D eigenvalue weighted by molar-refractivity contribution is -0.139. The first-order valence-electron chi connectivity index (χ1n) is 12.2. The van der Waals surface area contributed by atoms with Gasteiger partial charge in [0.15, 0.2) is 0 Å². The number of halogens is 2. The van der Waals surface area contributed by atoms with Crippen LogP contribution in [0.2, 0.25) is 10.0 Å². The number of nitrogens with one attached hydrogen (secondary N) is 1. The predicted molar refractivity (Wildman–Crippen MR) is 152 cm³/mol. The van der Waals surface area contributed by atoms with Crippen LogP contribution in [0.25, 0.3) is 0 Å². The summed E-state index contributed by atoms with van der Waals surface area (Å²) in [4.78, 5) is 28.3. The summed E-state index contributed by atoms with van der Waals surface area (Å²) in [5.74, 6) is -0.905. The van der Waals surface area contributed by atoms with Crippen molar-refractivity contribution in [1.29, 1.82) is 0 Å². The summed E-state index contributed by atoms with van der Waals surface area (Å²) in [5, 5.41) is 3.27. The maximum Gasteiger partial charge on any atom is 0.264 e. The van der Waals surface area contributed by atoms with Gasteiger partial charge in [0.2, 0.25) is 11.8 Å². The molecule has 7 nitrogen and oxygen atoms in total. The Balaban J connectivity index is 2.04. The van der Waals surface area contributed by atoms with Crippen molar-refractivity contribution in [3.63, 3.8) is 0 Å². The van der Waals surface area contributed by atoms with Gasteiger partial charge >= 0.3 is 0 Å². The number of amides is 2. The molecule has 38 heavy (non-hydrogen) atoms. The third-order valence-corrected chi connectivity index (χ3v) is 8.48. The van der Waals surface area contributed by atoms with Gasteiger partial charge in [0.05, 0.1) is 15.6 Å². The van der Waals surface area contributed by atoms with Gasteiger partial charge in [0.25, 0.3) is 10.0 Å². The molecule has 10 heteroatoms. The van der Waals surface area contributed by atoms with E-state index in [1.807, 2.05) is 44.2 Å². The molecule has 0 radical (unpaired) electrons. The van der Waals surface area contributed by atoms with E-state index in [1.54, 1.807) is 25.1 Å². The number of sulfonamides is 1. The van der Waals surface area contributed by atoms with Gasteiger partial charge < -0.3 is 10.2 Å². The van der Waals surface area contributed by atoms with E-state index in [2.05, 4.69) is 5.32 Å². The lowest BCUT2D eigenvalue weighted by Gasteiger charge is -2.32. The zero-order chi connectivity index (χ0) is 27.9. The van der Waals surface area contributed by atoms with E-state index in [4.69, 9.17) is 23.2 Å². The molecule has 1 N–H and O–H groups in total. The third kappa shape index (κ3) is 7.28. The lowest BCUT2D eigenvalue weighted by atomic mass is 10.1. The Morgan fingerprint density at radius 1 is 0.921 bits per heavy atom. The average molecular weight is 577 g/mol. The highest BCUT2D eigenvalue weighted by atomic mass is 35.5. The summed E-state index contributed by atoms with van der Waals surface area (Å²) >= 11 is 12.6. The van der Waals surface area contributed by atoms with Crippen LogP contribution >= 0.6 is 23.2 Å². The zero-order valence-corrected chi connectivity index (χ0v) is 23.8. The molecular weight excluding hydrogens is 545 g/mol. The number of nitrogens with zero attached hydrogens (tertiary/aromatic N) is 2. The molecule has 0 aliphatic carbocycles. The van der Waals surface area contributed by atoms with E-state index in [1.165, 1.54) is 35.2 Å². The molecule has 0 bridgehead atoms. The minimum absolute atomic E-state index is 0.0130. The standard InChI is InChI=1S/C28H31Cl2N3O4S/c1-4-20(2)31-28(35)21(3)32(18-22-11-7-5-8-12-22)27(34)19-33(26-17-23(29)15-16-25(26)30)38(36,37)24-13-9-6-10-14-24/h5-17,20-21H,4,18-19H2,1-3H3,(H,31,35)/t20-,21+/m0/s1. The van der Waals surface area contributed by atoms with Crippen molar-refractivity contribution in [2.45, 2.75) is 50.7 Å². The molecule has 2 amide bonds. The van der Waals surface area contributed by atoms with Crippen molar-refractivity contribution in [3.8, 4) is 0 Å². The normalized spacial score (nSPS) is 12.9. The largest absolute Gasteiger partial charge is 0.352 e. The molecular formula is C28H31Cl2N3O4S. The van der Waals surface area contributed by atoms with Gasteiger partial charge in [-0.25, -0.2) is 8.42 Å². The van der Waals surface area contributed by atoms with Crippen LogP contribution in [0.5, 0.6) is 0 Å². The molecule has 0 aliphatic rings. The van der Waals surface area contributed by atoms with Crippen LogP contribution in [-0.4, -0.2) is 43.8 Å². The summed E-state index contributed by atoms with van der Waals surface area (Å²) < 4.78 is 28.5. The smallest absolute Gasteiger partial charge is 0.264 e. The Morgan fingerprint density at radius 2 is 1.53 bits per heavy atom. The third-order valence-electron chi connectivity index (χ3n) is 6.15. The quantitative estimate of drug-likeness (QED) is 0.326. The van der Waals surface area contributed by atoms with Gasteiger partial charge in [-0.15, -0.1) is 0 Å². The van der Waals surface area contributed by atoms with E-state index in [0.717, 1.165) is 16.3 Å². The Hall–Kier alpha value is -3.07. The van der Waals surface area contributed by atoms with Crippen molar-refractivity contribution >= 4 is 50.7 Å². The topological polar surface area (TPSA) is 86.8 Å². The molecule has 3 aromatic carbocycles. The molecule has 0 aliphatic heterocycles. The summed E-state index contributed by atoms with van der Waals surface area (Å²) in [7, 11) is -4.22. The predicted octanol–water partition coefficient (Wildman–Crippen LogP) is 5.52. The number of anilines is 1. The van der Waals surface area contributed by atoms with Gasteiger partial charge in [-0.2, -0.15) is 0 Å². The summed E-state index contributed by atoms with van der Waals surface area (Å²) in [5.41, 5.74) is 0.857.